The van der Waals surface area contributed by atoms with E-state index in [0.717, 1.165) is 49.7 Å². The molecule has 236 valence electrons. The van der Waals surface area contributed by atoms with Crippen molar-refractivity contribution in [2.45, 2.75) is 111 Å². The number of rotatable bonds is 5. The van der Waals surface area contributed by atoms with E-state index in [1.54, 1.807) is 13.0 Å². The topological polar surface area (TPSA) is 77.8 Å². The number of phenols is 1. The minimum absolute atomic E-state index is 0.128. The fourth-order valence-corrected chi connectivity index (χ4v) is 8.70. The summed E-state index contributed by atoms with van der Waals surface area (Å²) in [6.45, 7) is 12.9. The van der Waals surface area contributed by atoms with Crippen LogP contribution in [0.5, 0.6) is 5.75 Å². The number of carboxylic acids is 1. The first-order valence-corrected chi connectivity index (χ1v) is 16.4. The maximum absolute atomic E-state index is 10.9. The number of aliphatic carboxylic acids is 1. The zero-order valence-electron chi connectivity index (χ0n) is 27.6. The van der Waals surface area contributed by atoms with Gasteiger partial charge in [0.2, 0.25) is 0 Å². The van der Waals surface area contributed by atoms with Gasteiger partial charge < -0.3 is 15.3 Å². The minimum Gasteiger partial charge on any atom is -0.508 e. The molecule has 0 spiro atoms. The lowest BCUT2D eigenvalue weighted by Crippen LogP contribution is -2.50. The first-order valence-electron chi connectivity index (χ1n) is 16.4. The van der Waals surface area contributed by atoms with Gasteiger partial charge in [-0.3, -0.25) is 0 Å². The molecule has 2 saturated carbocycles. The van der Waals surface area contributed by atoms with Gasteiger partial charge in [0.15, 0.2) is 0 Å². The molecule has 0 unspecified atom stereocenters. The van der Waals surface area contributed by atoms with E-state index in [2.05, 4.69) is 58.8 Å². The van der Waals surface area contributed by atoms with Crippen molar-refractivity contribution in [3.8, 4) is 18.1 Å². The van der Waals surface area contributed by atoms with Crippen LogP contribution in [-0.4, -0.2) is 26.9 Å². The molecule has 0 aromatic heterocycles. The summed E-state index contributed by atoms with van der Waals surface area (Å²) < 4.78 is 0. The third-order valence-corrected chi connectivity index (χ3v) is 11.2. The summed E-state index contributed by atoms with van der Waals surface area (Å²) in [6.07, 6.45) is 26.8. The molecular formula is C40H52O4. The second kappa shape index (κ2) is 13.4. The molecule has 4 nitrogen and oxygen atoms in total. The number of hydrogen-bond donors (Lipinski definition) is 3. The highest BCUT2D eigenvalue weighted by Gasteiger charge is 2.61. The van der Waals surface area contributed by atoms with Crippen LogP contribution in [0.4, 0.5) is 0 Å². The van der Waals surface area contributed by atoms with Crippen LogP contribution in [0, 0.1) is 35.0 Å². The Balaban J connectivity index is 0.000000201. The first kappa shape index (κ1) is 33.6. The number of aliphatic hydroxyl groups is 1. The Hall–Kier alpha value is -3.29. The van der Waals surface area contributed by atoms with Gasteiger partial charge in [-0.15, -0.1) is 6.42 Å². The van der Waals surface area contributed by atoms with Crippen molar-refractivity contribution in [3.63, 3.8) is 0 Å². The van der Waals surface area contributed by atoms with Crippen LogP contribution in [0.2, 0.25) is 0 Å². The van der Waals surface area contributed by atoms with E-state index in [-0.39, 0.29) is 10.8 Å². The lowest BCUT2D eigenvalue weighted by Gasteiger charge is -2.52. The SMILES string of the molecule is C#C[C@]1(O)CC[C@H]2[C@@H]3CCc4cc(O)ccc4[C@H]3CC[C@@]21C.CC1=C(/C=C/C(C)=C/C=C/C(C)=C\C(=O)O)C(C)(C)CCC1. The fraction of sp³-hybridized carbons (Fsp3) is 0.525. The monoisotopic (exact) mass is 596 g/mol. The zero-order valence-corrected chi connectivity index (χ0v) is 27.6. The maximum atomic E-state index is 10.9. The van der Waals surface area contributed by atoms with Crippen LogP contribution in [0.1, 0.15) is 110 Å². The second-order valence-electron chi connectivity index (χ2n) is 14.6. The van der Waals surface area contributed by atoms with Gasteiger partial charge in [0, 0.05) is 11.5 Å². The number of allylic oxidation sites excluding steroid dienone is 9. The van der Waals surface area contributed by atoms with Crippen molar-refractivity contribution >= 4 is 5.97 Å². The quantitative estimate of drug-likeness (QED) is 0.180. The summed E-state index contributed by atoms with van der Waals surface area (Å²) in [7, 11) is 0. The van der Waals surface area contributed by atoms with Gasteiger partial charge in [-0.2, -0.15) is 0 Å². The van der Waals surface area contributed by atoms with Gasteiger partial charge in [-0.05, 0) is 136 Å². The molecule has 0 saturated heterocycles. The van der Waals surface area contributed by atoms with Gasteiger partial charge >= 0.3 is 5.97 Å². The average Bonchev–Trinajstić information content (AvgIpc) is 3.23. The number of aromatic hydroxyl groups is 1. The number of carbonyl (C=O) groups is 1. The molecule has 4 aliphatic rings. The first-order chi connectivity index (χ1) is 20.7. The molecule has 2 fully saturated rings. The van der Waals surface area contributed by atoms with Crippen LogP contribution in [0.15, 0.2) is 76.9 Å². The number of hydrogen-bond acceptors (Lipinski definition) is 3. The number of carboxylic acid groups (broad SMARTS) is 1. The Morgan fingerprint density at radius 2 is 1.77 bits per heavy atom. The van der Waals surface area contributed by atoms with Crippen LogP contribution < -0.4 is 0 Å². The van der Waals surface area contributed by atoms with Gasteiger partial charge in [-0.25, -0.2) is 4.79 Å². The Morgan fingerprint density at radius 3 is 2.45 bits per heavy atom. The van der Waals surface area contributed by atoms with Gasteiger partial charge in [0.1, 0.15) is 11.4 Å². The van der Waals surface area contributed by atoms with Crippen molar-refractivity contribution in [1.82, 2.24) is 0 Å². The zero-order chi connectivity index (χ0) is 32.3. The van der Waals surface area contributed by atoms with Crippen LogP contribution in [-0.2, 0) is 11.2 Å². The molecule has 1 aromatic rings. The van der Waals surface area contributed by atoms with Crippen molar-refractivity contribution in [1.29, 1.82) is 0 Å². The van der Waals surface area contributed by atoms with Crippen LogP contribution in [0.3, 0.4) is 0 Å². The number of benzene rings is 1. The van der Waals surface area contributed by atoms with Gasteiger partial charge in [-0.1, -0.05) is 74.3 Å². The Morgan fingerprint density at radius 1 is 1.02 bits per heavy atom. The average molecular weight is 597 g/mol. The highest BCUT2D eigenvalue weighted by Crippen LogP contribution is 2.64. The molecule has 44 heavy (non-hydrogen) atoms. The van der Waals surface area contributed by atoms with E-state index in [0.29, 0.717) is 23.5 Å². The third-order valence-electron chi connectivity index (χ3n) is 11.2. The smallest absolute Gasteiger partial charge is 0.328 e. The lowest BCUT2D eigenvalue weighted by molar-refractivity contribution is -0.131. The van der Waals surface area contributed by atoms with Gasteiger partial charge in [0.05, 0.1) is 0 Å². The van der Waals surface area contributed by atoms with E-state index < -0.39 is 11.6 Å². The molecule has 4 aliphatic carbocycles. The molecule has 0 radical (unpaired) electrons. The summed E-state index contributed by atoms with van der Waals surface area (Å²) in [6, 6.07) is 5.87. The molecule has 0 heterocycles. The van der Waals surface area contributed by atoms with E-state index >= 15 is 0 Å². The standard InChI is InChI=1S/C20H24O2.C20H28O2/c1-3-20(22)11-9-18-17-6-4-13-12-14(21)5-7-15(13)16(17)8-10-19(18,20)2;1-15(8-6-9-16(2)14-19(21)22)11-12-18-17(3)10-7-13-20(18,4)5/h1,5,7,12,16-18,21-22H,4,6,8-11H2,2H3;6,8-9,11-12,14H,7,10,13H2,1-5H3,(H,21,22)/b;9-6+,12-11+,15-8+,16-14-/t16-,17-,18+,19+,20+;/m1./s1. The predicted molar refractivity (Wildman–Crippen MR) is 180 cm³/mol. The van der Waals surface area contributed by atoms with Crippen LogP contribution >= 0.6 is 0 Å². The fourth-order valence-electron chi connectivity index (χ4n) is 8.70. The van der Waals surface area contributed by atoms with Gasteiger partial charge in [0.25, 0.3) is 0 Å². The largest absolute Gasteiger partial charge is 0.508 e. The van der Waals surface area contributed by atoms with Crippen molar-refractivity contribution < 1.29 is 20.1 Å². The molecule has 4 heteroatoms. The molecule has 5 atom stereocenters. The second-order valence-corrected chi connectivity index (χ2v) is 14.6. The molecule has 0 aliphatic heterocycles. The lowest BCUT2D eigenvalue weighted by atomic mass is 9.53. The van der Waals surface area contributed by atoms with Crippen molar-refractivity contribution in [2.24, 2.45) is 22.7 Å². The predicted octanol–water partition coefficient (Wildman–Crippen LogP) is 9.22. The normalized spacial score (nSPS) is 31.5. The number of fused-ring (bicyclic) bond motifs is 5. The van der Waals surface area contributed by atoms with E-state index in [9.17, 15) is 15.0 Å². The van der Waals surface area contributed by atoms with E-state index in [4.69, 9.17) is 11.5 Å². The Kier molecular flexibility index (Phi) is 10.2. The number of phenolic OH excluding ortho intramolecular Hbond substituents is 1. The highest BCUT2D eigenvalue weighted by molar-refractivity contribution is 5.81. The third kappa shape index (κ3) is 7.00. The van der Waals surface area contributed by atoms with Crippen molar-refractivity contribution in [2.75, 3.05) is 0 Å². The Bertz CT molecular complexity index is 1440. The Labute approximate surface area is 265 Å². The van der Waals surface area contributed by atoms with Crippen LogP contribution in [0.25, 0.3) is 0 Å². The molecule has 1 aromatic carbocycles. The highest BCUT2D eigenvalue weighted by atomic mass is 16.4. The molecule has 0 bridgehead atoms. The molecule has 5 rings (SSSR count). The summed E-state index contributed by atoms with van der Waals surface area (Å²) in [5.74, 6) is 3.91. The van der Waals surface area contributed by atoms with Crippen molar-refractivity contribution in [3.05, 3.63) is 88.1 Å². The van der Waals surface area contributed by atoms with E-state index in [1.165, 1.54) is 47.6 Å². The molecule has 0 amide bonds. The number of terminal acetylenes is 1. The minimum atomic E-state index is -0.919. The maximum Gasteiger partial charge on any atom is 0.328 e. The summed E-state index contributed by atoms with van der Waals surface area (Å²) >= 11 is 0. The summed E-state index contributed by atoms with van der Waals surface area (Å²) in [5, 5.41) is 29.3. The summed E-state index contributed by atoms with van der Waals surface area (Å²) in [4.78, 5) is 10.5. The summed E-state index contributed by atoms with van der Waals surface area (Å²) in [5.41, 5.74) is 6.79. The van der Waals surface area contributed by atoms with E-state index in [1.807, 2.05) is 24.3 Å². The molecule has 3 N–H and O–H groups in total. The molecular weight excluding hydrogens is 544 g/mol. The number of aryl methyl sites for hydroxylation is 1.